The molecule has 4 rings (SSSR count). The van der Waals surface area contributed by atoms with Crippen LogP contribution in [0.3, 0.4) is 0 Å². The molecule has 1 atom stereocenters. The number of aromatic nitrogens is 1. The van der Waals surface area contributed by atoms with Gasteiger partial charge in [0.25, 0.3) is 11.7 Å². The number of nitrogens with zero attached hydrogens (tertiary/aromatic N) is 2. The van der Waals surface area contributed by atoms with E-state index in [0.717, 1.165) is 17.2 Å². The fraction of sp³-hybridized carbons (Fsp3) is 0.160. The highest BCUT2D eigenvalue weighted by atomic mass is 19.1. The van der Waals surface area contributed by atoms with Gasteiger partial charge in [0, 0.05) is 18.1 Å². The van der Waals surface area contributed by atoms with Crippen LogP contribution < -0.4 is 9.64 Å². The second kappa shape index (κ2) is 8.26. The van der Waals surface area contributed by atoms with Crippen LogP contribution in [0.2, 0.25) is 0 Å². The summed E-state index contributed by atoms with van der Waals surface area (Å²) in [5, 5.41) is 11.2. The highest BCUT2D eigenvalue weighted by Gasteiger charge is 2.47. The number of anilines is 1. The number of amides is 1. The van der Waals surface area contributed by atoms with Gasteiger partial charge in [-0.15, -0.1) is 0 Å². The number of aliphatic hydroxyl groups excluding tert-OH is 1. The first kappa shape index (κ1) is 21.2. The third-order valence-corrected chi connectivity index (χ3v) is 5.47. The van der Waals surface area contributed by atoms with E-state index in [0.29, 0.717) is 11.3 Å². The first-order valence-corrected chi connectivity index (χ1v) is 9.95. The van der Waals surface area contributed by atoms with Crippen molar-refractivity contribution in [2.75, 3.05) is 12.0 Å². The Hall–Kier alpha value is -4.00. The number of rotatable bonds is 4. The fourth-order valence-corrected chi connectivity index (χ4v) is 4.02. The molecule has 0 radical (unpaired) electrons. The number of ketones is 1. The summed E-state index contributed by atoms with van der Waals surface area (Å²) in [5.74, 6) is -2.62. The molecule has 1 aliphatic heterocycles. The maximum absolute atomic E-state index is 14.0. The van der Waals surface area contributed by atoms with E-state index >= 15 is 0 Å². The van der Waals surface area contributed by atoms with E-state index in [1.165, 1.54) is 30.3 Å². The molecule has 32 heavy (non-hydrogen) atoms. The second-order valence-corrected chi connectivity index (χ2v) is 7.59. The number of carbonyl (C=O) groups excluding carboxylic acids is 2. The van der Waals surface area contributed by atoms with Gasteiger partial charge in [0.1, 0.15) is 17.3 Å². The van der Waals surface area contributed by atoms with Crippen LogP contribution in [0.15, 0.2) is 66.5 Å². The Morgan fingerprint density at radius 1 is 1.12 bits per heavy atom. The molecular formula is C25H21FN2O4. The van der Waals surface area contributed by atoms with Crippen molar-refractivity contribution in [3.63, 3.8) is 0 Å². The number of aryl methyl sites for hydroxylation is 2. The zero-order valence-corrected chi connectivity index (χ0v) is 17.8. The Kier molecular flexibility index (Phi) is 5.48. The molecule has 1 N–H and O–H groups in total. The molecule has 2 aromatic carbocycles. The molecule has 6 nitrogen and oxygen atoms in total. The highest BCUT2D eigenvalue weighted by Crippen LogP contribution is 2.44. The van der Waals surface area contributed by atoms with E-state index in [-0.39, 0.29) is 16.9 Å². The van der Waals surface area contributed by atoms with Crippen LogP contribution in [0, 0.1) is 19.7 Å². The standard InChI is InChI=1S/C25H21FN2O4/c1-14-6-8-19(15(2)11-14)28-22(16-5-4-10-27-13-16)21(24(30)25(28)31)23(29)18-12-17(26)7-9-20(18)32-3/h4-13,22,29H,1-3H3/b23-21+. The normalized spacial score (nSPS) is 17.6. The molecule has 0 spiro atoms. The summed E-state index contributed by atoms with van der Waals surface area (Å²) in [6, 6.07) is 11.6. The zero-order valence-electron chi connectivity index (χ0n) is 17.8. The van der Waals surface area contributed by atoms with Gasteiger partial charge in [-0.05, 0) is 55.3 Å². The molecule has 0 aliphatic carbocycles. The zero-order chi connectivity index (χ0) is 23.0. The number of hydrogen-bond acceptors (Lipinski definition) is 5. The minimum atomic E-state index is -0.946. The van der Waals surface area contributed by atoms with Crippen LogP contribution in [-0.4, -0.2) is 28.9 Å². The van der Waals surface area contributed by atoms with Crippen LogP contribution in [0.5, 0.6) is 5.75 Å². The van der Waals surface area contributed by atoms with E-state index in [2.05, 4.69) is 4.98 Å². The van der Waals surface area contributed by atoms with Gasteiger partial charge >= 0.3 is 0 Å². The van der Waals surface area contributed by atoms with Crippen molar-refractivity contribution in [2.24, 2.45) is 0 Å². The molecule has 7 heteroatoms. The summed E-state index contributed by atoms with van der Waals surface area (Å²) in [4.78, 5) is 31.9. The summed E-state index contributed by atoms with van der Waals surface area (Å²) < 4.78 is 19.2. The van der Waals surface area contributed by atoms with E-state index in [1.54, 1.807) is 24.4 Å². The lowest BCUT2D eigenvalue weighted by Gasteiger charge is -2.26. The lowest BCUT2D eigenvalue weighted by molar-refractivity contribution is -0.132. The average molecular weight is 432 g/mol. The number of benzene rings is 2. The van der Waals surface area contributed by atoms with Crippen molar-refractivity contribution in [1.82, 2.24) is 4.98 Å². The third-order valence-electron chi connectivity index (χ3n) is 5.47. The molecule has 3 aromatic rings. The van der Waals surface area contributed by atoms with E-state index in [1.807, 2.05) is 26.0 Å². The predicted molar refractivity (Wildman–Crippen MR) is 118 cm³/mol. The quantitative estimate of drug-likeness (QED) is 0.374. The molecule has 1 unspecified atom stereocenters. The van der Waals surface area contributed by atoms with Crippen LogP contribution in [-0.2, 0) is 9.59 Å². The number of methoxy groups -OCH3 is 1. The monoisotopic (exact) mass is 432 g/mol. The minimum Gasteiger partial charge on any atom is -0.507 e. The molecule has 1 fully saturated rings. The van der Waals surface area contributed by atoms with Gasteiger partial charge in [0.15, 0.2) is 0 Å². The number of carbonyl (C=O) groups is 2. The number of halogens is 1. The maximum atomic E-state index is 14.0. The maximum Gasteiger partial charge on any atom is 0.300 e. The van der Waals surface area contributed by atoms with Gasteiger partial charge in [-0.1, -0.05) is 23.8 Å². The van der Waals surface area contributed by atoms with Gasteiger partial charge in [-0.2, -0.15) is 0 Å². The van der Waals surface area contributed by atoms with Crippen molar-refractivity contribution in [3.05, 3.63) is 94.6 Å². The van der Waals surface area contributed by atoms with Gasteiger partial charge in [-0.25, -0.2) is 4.39 Å². The minimum absolute atomic E-state index is 0.0139. The summed E-state index contributed by atoms with van der Waals surface area (Å²) >= 11 is 0. The summed E-state index contributed by atoms with van der Waals surface area (Å²) in [5.41, 5.74) is 2.70. The van der Waals surface area contributed by atoms with Crippen molar-refractivity contribution in [3.8, 4) is 5.75 Å². The SMILES string of the molecule is COc1ccc(F)cc1/C(O)=C1\C(=O)C(=O)N(c2ccc(C)cc2C)C1c1cccnc1. The molecular weight excluding hydrogens is 411 g/mol. The van der Waals surface area contributed by atoms with Crippen LogP contribution in [0.1, 0.15) is 28.3 Å². The molecule has 1 amide bonds. The summed E-state index contributed by atoms with van der Waals surface area (Å²) in [6.45, 7) is 3.78. The molecule has 1 saturated heterocycles. The van der Waals surface area contributed by atoms with Crippen LogP contribution >= 0.6 is 0 Å². The van der Waals surface area contributed by atoms with Crippen molar-refractivity contribution in [1.29, 1.82) is 0 Å². The molecule has 1 aromatic heterocycles. The predicted octanol–water partition coefficient (Wildman–Crippen LogP) is 4.47. The molecule has 162 valence electrons. The smallest absolute Gasteiger partial charge is 0.300 e. The molecule has 1 aliphatic rings. The number of aliphatic hydroxyl groups is 1. The lowest BCUT2D eigenvalue weighted by Crippen LogP contribution is -2.30. The number of pyridine rings is 1. The Labute approximate surface area is 184 Å². The molecule has 0 bridgehead atoms. The Morgan fingerprint density at radius 2 is 1.91 bits per heavy atom. The highest BCUT2D eigenvalue weighted by molar-refractivity contribution is 6.51. The topological polar surface area (TPSA) is 79.7 Å². The fourth-order valence-electron chi connectivity index (χ4n) is 4.02. The van der Waals surface area contributed by atoms with Crippen LogP contribution in [0.25, 0.3) is 5.76 Å². The van der Waals surface area contributed by atoms with Gasteiger partial charge < -0.3 is 9.84 Å². The number of Topliss-reactive ketones (excluding diaryl/α,β-unsaturated/α-hetero) is 1. The van der Waals surface area contributed by atoms with Crippen LogP contribution in [0.4, 0.5) is 10.1 Å². The number of hydrogen-bond donors (Lipinski definition) is 1. The van der Waals surface area contributed by atoms with Crippen molar-refractivity contribution in [2.45, 2.75) is 19.9 Å². The Bertz CT molecular complexity index is 1250. The third kappa shape index (κ3) is 3.51. The van der Waals surface area contributed by atoms with Gasteiger partial charge in [-0.3, -0.25) is 19.5 Å². The van der Waals surface area contributed by atoms with E-state index < -0.39 is 29.3 Å². The van der Waals surface area contributed by atoms with Crippen molar-refractivity contribution < 1.29 is 23.8 Å². The first-order valence-electron chi connectivity index (χ1n) is 9.95. The van der Waals surface area contributed by atoms with Gasteiger partial charge in [0.2, 0.25) is 0 Å². The number of ether oxygens (including phenoxy) is 1. The molecule has 2 heterocycles. The van der Waals surface area contributed by atoms with Crippen molar-refractivity contribution >= 4 is 23.1 Å². The Balaban J connectivity index is 2.00. The lowest BCUT2D eigenvalue weighted by atomic mass is 9.95. The Morgan fingerprint density at radius 3 is 2.56 bits per heavy atom. The summed E-state index contributed by atoms with van der Waals surface area (Å²) in [7, 11) is 1.37. The van der Waals surface area contributed by atoms with E-state index in [9.17, 15) is 19.1 Å². The van der Waals surface area contributed by atoms with E-state index in [4.69, 9.17) is 4.74 Å². The summed E-state index contributed by atoms with van der Waals surface area (Å²) in [6.07, 6.45) is 3.10. The largest absolute Gasteiger partial charge is 0.507 e. The molecule has 0 saturated carbocycles. The average Bonchev–Trinajstić information content (AvgIpc) is 3.04. The second-order valence-electron chi connectivity index (χ2n) is 7.59. The first-order chi connectivity index (χ1) is 15.3. The van der Waals surface area contributed by atoms with Gasteiger partial charge in [0.05, 0.1) is 24.3 Å².